The molecule has 4 atom stereocenters. The lowest BCUT2D eigenvalue weighted by Gasteiger charge is -2.31. The Morgan fingerprint density at radius 3 is 2.04 bits per heavy atom. The second-order valence-electron chi connectivity index (χ2n) is 8.83. The van der Waals surface area contributed by atoms with Gasteiger partial charge in [0.25, 0.3) is 0 Å². The summed E-state index contributed by atoms with van der Waals surface area (Å²) in [6.45, 7) is 13.9. The van der Waals surface area contributed by atoms with Crippen molar-refractivity contribution in [3.8, 4) is 22.6 Å². The van der Waals surface area contributed by atoms with Crippen molar-refractivity contribution in [3.05, 3.63) is 36.4 Å². The van der Waals surface area contributed by atoms with Gasteiger partial charge in [-0.25, -0.2) is 0 Å². The van der Waals surface area contributed by atoms with Crippen LogP contribution in [0.4, 0.5) is 0 Å². The van der Waals surface area contributed by atoms with Crippen LogP contribution in [0.1, 0.15) is 54.4 Å². The summed E-state index contributed by atoms with van der Waals surface area (Å²) in [5.41, 5.74) is 2.76. The molecule has 0 saturated heterocycles. The minimum absolute atomic E-state index is 0.213. The van der Waals surface area contributed by atoms with Crippen LogP contribution in [0.3, 0.4) is 0 Å². The van der Waals surface area contributed by atoms with Crippen molar-refractivity contribution < 1.29 is 9.47 Å². The van der Waals surface area contributed by atoms with E-state index in [9.17, 15) is 0 Å². The molecule has 2 heterocycles. The zero-order chi connectivity index (χ0) is 20.1. The molecule has 2 nitrogen and oxygen atoms in total. The second kappa shape index (κ2) is 7.62. The predicted molar refractivity (Wildman–Crippen MR) is 125 cm³/mol. The van der Waals surface area contributed by atoms with Crippen LogP contribution in [0.15, 0.2) is 36.4 Å². The van der Waals surface area contributed by atoms with Crippen LogP contribution in [0.2, 0.25) is 0 Å². The van der Waals surface area contributed by atoms with Crippen LogP contribution in [-0.2, 0) is 0 Å². The van der Waals surface area contributed by atoms with E-state index in [1.54, 1.807) is 0 Å². The molecule has 0 aliphatic carbocycles. The Bertz CT molecular complexity index is 871. The molecule has 0 bridgehead atoms. The van der Waals surface area contributed by atoms with E-state index in [0.717, 1.165) is 11.5 Å². The second-order valence-corrected chi connectivity index (χ2v) is 14.6. The van der Waals surface area contributed by atoms with E-state index in [1.807, 2.05) is 0 Å². The van der Waals surface area contributed by atoms with Crippen LogP contribution in [-0.4, -0.2) is 23.0 Å². The first-order valence-electron chi connectivity index (χ1n) is 10.5. The highest BCUT2D eigenvalue weighted by Crippen LogP contribution is 2.60. The Kier molecular flexibility index (Phi) is 5.49. The highest BCUT2D eigenvalue weighted by atomic mass is 31.1. The Hall–Kier alpha value is -1.10. The lowest BCUT2D eigenvalue weighted by atomic mass is 10.0. The fraction of sp³-hybridized carbons (Fsp3) is 0.500. The third-order valence-corrected chi connectivity index (χ3v) is 11.7. The summed E-state index contributed by atoms with van der Waals surface area (Å²) in [6.07, 6.45) is 3.77. The van der Waals surface area contributed by atoms with Gasteiger partial charge in [0.15, 0.2) is 0 Å². The summed E-state index contributed by atoms with van der Waals surface area (Å²) < 4.78 is 12.7. The fourth-order valence-electron chi connectivity index (χ4n) is 4.56. The number of hydrogen-bond acceptors (Lipinski definition) is 2. The van der Waals surface area contributed by atoms with Crippen molar-refractivity contribution in [2.45, 2.75) is 71.2 Å². The maximum atomic E-state index is 6.34. The number of ether oxygens (including phenoxy) is 2. The van der Waals surface area contributed by atoms with Crippen molar-refractivity contribution >= 4 is 26.5 Å². The SMILES string of the molecule is CCCC[P@@]1c2c(cccc2-c2cccc3c2[P@@](C(C)(C)C)[C@@H](C)O3)O[C@@H]1C. The third-order valence-electron chi connectivity index (χ3n) is 5.69. The number of rotatable bonds is 4. The van der Waals surface area contributed by atoms with E-state index in [1.165, 1.54) is 40.7 Å². The zero-order valence-corrected chi connectivity index (χ0v) is 19.7. The van der Waals surface area contributed by atoms with Crippen molar-refractivity contribution in [1.29, 1.82) is 0 Å². The number of benzene rings is 2. The van der Waals surface area contributed by atoms with Gasteiger partial charge in [-0.1, -0.05) is 58.4 Å². The molecule has 0 saturated carbocycles. The first-order chi connectivity index (χ1) is 13.3. The fourth-order valence-corrected chi connectivity index (χ4v) is 10.5. The average Bonchev–Trinajstić information content (AvgIpc) is 3.14. The topological polar surface area (TPSA) is 18.5 Å². The molecule has 2 aliphatic heterocycles. The van der Waals surface area contributed by atoms with E-state index in [-0.39, 0.29) is 18.9 Å². The predicted octanol–water partition coefficient (Wildman–Crippen LogP) is 6.64. The van der Waals surface area contributed by atoms with Gasteiger partial charge in [-0.2, -0.15) is 0 Å². The number of unbranched alkanes of at least 4 members (excludes halogenated alkanes) is 1. The van der Waals surface area contributed by atoms with E-state index in [2.05, 4.69) is 77.9 Å². The highest BCUT2D eigenvalue weighted by Gasteiger charge is 2.42. The molecule has 4 rings (SSSR count). The van der Waals surface area contributed by atoms with E-state index in [4.69, 9.17) is 9.47 Å². The monoisotopic (exact) mass is 414 g/mol. The maximum absolute atomic E-state index is 6.34. The molecular formula is C24H32O2P2. The molecule has 2 aromatic rings. The van der Waals surface area contributed by atoms with Crippen molar-refractivity contribution in [1.82, 2.24) is 0 Å². The summed E-state index contributed by atoms with van der Waals surface area (Å²) >= 11 is 0. The molecule has 0 unspecified atom stereocenters. The minimum atomic E-state index is -0.406. The van der Waals surface area contributed by atoms with E-state index < -0.39 is 7.92 Å². The van der Waals surface area contributed by atoms with Crippen LogP contribution in [0.25, 0.3) is 11.1 Å². The van der Waals surface area contributed by atoms with Gasteiger partial charge in [-0.15, -0.1) is 0 Å². The molecule has 0 aromatic heterocycles. The standard InChI is InChI=1S/C24H32O2P2/c1-7-8-15-27-16(2)25-20-13-9-11-18(22(20)27)19-12-10-14-21-23(19)28(17(3)26-21)24(4,5)6/h9-14,16-17H,7-8,15H2,1-6H3/t16-,17-,27+,28-/m0/s1. The molecule has 150 valence electrons. The molecule has 4 heteroatoms. The lowest BCUT2D eigenvalue weighted by Crippen LogP contribution is -2.23. The third kappa shape index (κ3) is 3.38. The lowest BCUT2D eigenvalue weighted by molar-refractivity contribution is 0.313. The van der Waals surface area contributed by atoms with E-state index in [0.29, 0.717) is 5.85 Å². The van der Waals surface area contributed by atoms with E-state index >= 15 is 0 Å². The average molecular weight is 414 g/mol. The highest BCUT2D eigenvalue weighted by molar-refractivity contribution is 7.68. The van der Waals surface area contributed by atoms with Crippen LogP contribution >= 0.6 is 15.8 Å². The van der Waals surface area contributed by atoms with Crippen molar-refractivity contribution in [2.24, 2.45) is 0 Å². The zero-order valence-electron chi connectivity index (χ0n) is 18.0. The smallest absolute Gasteiger partial charge is 0.128 e. The van der Waals surface area contributed by atoms with Crippen molar-refractivity contribution in [2.75, 3.05) is 6.16 Å². The molecule has 0 spiro atoms. The van der Waals surface area contributed by atoms with Gasteiger partial charge in [-0.3, -0.25) is 0 Å². The van der Waals surface area contributed by atoms with Gasteiger partial charge in [0.1, 0.15) is 23.2 Å². The van der Waals surface area contributed by atoms with Gasteiger partial charge >= 0.3 is 0 Å². The van der Waals surface area contributed by atoms with Crippen molar-refractivity contribution in [3.63, 3.8) is 0 Å². The molecular weight excluding hydrogens is 382 g/mol. The van der Waals surface area contributed by atoms with Gasteiger partial charge in [0.2, 0.25) is 0 Å². The van der Waals surface area contributed by atoms with Crippen LogP contribution in [0.5, 0.6) is 11.5 Å². The molecule has 2 aromatic carbocycles. The van der Waals surface area contributed by atoms with Gasteiger partial charge in [-0.05, 0) is 70.7 Å². The Morgan fingerprint density at radius 1 is 0.857 bits per heavy atom. The molecule has 2 aliphatic rings. The quantitative estimate of drug-likeness (QED) is 0.522. The molecule has 0 radical (unpaired) electrons. The molecule has 0 fully saturated rings. The van der Waals surface area contributed by atoms with Gasteiger partial charge in [0, 0.05) is 10.6 Å². The Labute approximate surface area is 172 Å². The first-order valence-corrected chi connectivity index (χ1v) is 13.5. The summed E-state index contributed by atoms with van der Waals surface area (Å²) in [5.74, 6) is 2.78. The Balaban J connectivity index is 1.88. The number of fused-ring (bicyclic) bond motifs is 2. The number of hydrogen-bond donors (Lipinski definition) is 0. The Morgan fingerprint density at radius 2 is 1.43 bits per heavy atom. The van der Waals surface area contributed by atoms with Gasteiger partial charge in [0.05, 0.1) is 0 Å². The summed E-state index contributed by atoms with van der Waals surface area (Å²) in [5, 5.41) is 3.15. The summed E-state index contributed by atoms with van der Waals surface area (Å²) in [4.78, 5) is 0. The summed E-state index contributed by atoms with van der Waals surface area (Å²) in [6, 6.07) is 13.3. The maximum Gasteiger partial charge on any atom is 0.128 e. The van der Waals surface area contributed by atoms with Crippen LogP contribution in [0, 0.1) is 0 Å². The van der Waals surface area contributed by atoms with Crippen LogP contribution < -0.4 is 20.1 Å². The summed E-state index contributed by atoms with van der Waals surface area (Å²) in [7, 11) is -0.695. The first kappa shape index (κ1) is 20.2. The molecule has 28 heavy (non-hydrogen) atoms. The van der Waals surface area contributed by atoms with Gasteiger partial charge < -0.3 is 9.47 Å². The minimum Gasteiger partial charge on any atom is -0.485 e. The molecule has 0 N–H and O–H groups in total. The largest absolute Gasteiger partial charge is 0.485 e. The molecule has 0 amide bonds. The normalized spacial score (nSPS) is 25.8.